The van der Waals surface area contributed by atoms with Gasteiger partial charge in [-0.15, -0.1) is 0 Å². The van der Waals surface area contributed by atoms with E-state index < -0.39 is 0 Å². The Morgan fingerprint density at radius 2 is 1.95 bits per heavy atom. The van der Waals surface area contributed by atoms with E-state index >= 15 is 0 Å². The van der Waals surface area contributed by atoms with E-state index in [0.29, 0.717) is 23.9 Å². The Kier molecular flexibility index (Phi) is 4.74. The van der Waals surface area contributed by atoms with Crippen LogP contribution in [0.5, 0.6) is 0 Å². The summed E-state index contributed by atoms with van der Waals surface area (Å²) < 4.78 is 1.34. The van der Waals surface area contributed by atoms with Crippen LogP contribution in [-0.4, -0.2) is 9.55 Å². The van der Waals surface area contributed by atoms with Gasteiger partial charge in [0.15, 0.2) is 0 Å². The van der Waals surface area contributed by atoms with Crippen LogP contribution >= 0.6 is 11.6 Å². The summed E-state index contributed by atoms with van der Waals surface area (Å²) in [6.45, 7) is 6.54. The number of halogens is 1. The molecule has 1 heterocycles. The molecular formula is C15H23ClN2O2. The number of hydrogen-bond acceptors (Lipinski definition) is 2. The van der Waals surface area contributed by atoms with E-state index in [2.05, 4.69) is 11.9 Å². The first-order chi connectivity index (χ1) is 9.41. The molecule has 2 atom stereocenters. The molecule has 1 N–H and O–H groups in total. The SMILES string of the molecule is CC(C)c1c(Cl)[nH]c(=O)n(CC2CCCCC2C)c1=O. The van der Waals surface area contributed by atoms with Crippen LogP contribution in [0.3, 0.4) is 0 Å². The van der Waals surface area contributed by atoms with E-state index in [1.807, 2.05) is 13.8 Å². The first-order valence-electron chi connectivity index (χ1n) is 7.44. The number of nitrogens with one attached hydrogen (secondary N) is 1. The smallest absolute Gasteiger partial charge is 0.297 e. The Hall–Kier alpha value is -1.03. The van der Waals surface area contributed by atoms with Crippen LogP contribution < -0.4 is 11.2 Å². The van der Waals surface area contributed by atoms with E-state index in [9.17, 15) is 9.59 Å². The molecule has 5 heteroatoms. The molecule has 1 aromatic heterocycles. The molecule has 0 aromatic carbocycles. The highest BCUT2D eigenvalue weighted by atomic mass is 35.5. The van der Waals surface area contributed by atoms with E-state index in [4.69, 9.17) is 11.6 Å². The molecule has 0 bridgehead atoms. The fourth-order valence-corrected chi connectivity index (χ4v) is 3.51. The zero-order chi connectivity index (χ0) is 14.9. The van der Waals surface area contributed by atoms with Gasteiger partial charge in [0, 0.05) is 6.54 Å². The van der Waals surface area contributed by atoms with Crippen molar-refractivity contribution in [2.24, 2.45) is 11.8 Å². The Morgan fingerprint density at radius 1 is 1.30 bits per heavy atom. The molecule has 0 aliphatic heterocycles. The van der Waals surface area contributed by atoms with Gasteiger partial charge in [-0.3, -0.25) is 14.3 Å². The van der Waals surface area contributed by atoms with Crippen molar-refractivity contribution in [1.29, 1.82) is 0 Å². The molecular weight excluding hydrogens is 276 g/mol. The molecule has 0 amide bonds. The topological polar surface area (TPSA) is 54.9 Å². The molecule has 0 saturated heterocycles. The lowest BCUT2D eigenvalue weighted by Gasteiger charge is -2.29. The van der Waals surface area contributed by atoms with Crippen LogP contribution in [0.2, 0.25) is 5.15 Å². The molecule has 20 heavy (non-hydrogen) atoms. The summed E-state index contributed by atoms with van der Waals surface area (Å²) in [5.74, 6) is 0.971. The van der Waals surface area contributed by atoms with Gasteiger partial charge in [0.1, 0.15) is 5.15 Å². The number of hydrogen-bond donors (Lipinski definition) is 1. The van der Waals surface area contributed by atoms with Gasteiger partial charge in [-0.1, -0.05) is 51.6 Å². The van der Waals surface area contributed by atoms with E-state index in [1.165, 1.54) is 23.8 Å². The van der Waals surface area contributed by atoms with Gasteiger partial charge in [0.05, 0.1) is 5.56 Å². The second-order valence-corrected chi connectivity index (χ2v) is 6.63. The normalized spacial score (nSPS) is 23.2. The molecule has 1 fully saturated rings. The summed E-state index contributed by atoms with van der Waals surface area (Å²) in [4.78, 5) is 27.1. The van der Waals surface area contributed by atoms with Crippen LogP contribution in [-0.2, 0) is 6.54 Å². The van der Waals surface area contributed by atoms with Crippen LogP contribution in [0.1, 0.15) is 57.9 Å². The lowest BCUT2D eigenvalue weighted by molar-refractivity contribution is 0.223. The number of nitrogens with zero attached hydrogens (tertiary/aromatic N) is 1. The van der Waals surface area contributed by atoms with E-state index in [0.717, 1.165) is 6.42 Å². The molecule has 0 radical (unpaired) electrons. The first-order valence-corrected chi connectivity index (χ1v) is 7.82. The van der Waals surface area contributed by atoms with Crippen LogP contribution in [0.25, 0.3) is 0 Å². The predicted octanol–water partition coefficient (Wildman–Crippen LogP) is 3.14. The zero-order valence-corrected chi connectivity index (χ0v) is 13.2. The second-order valence-electron chi connectivity index (χ2n) is 6.25. The quantitative estimate of drug-likeness (QED) is 0.872. The molecule has 2 rings (SSSR count). The number of H-pyrrole nitrogens is 1. The van der Waals surface area contributed by atoms with E-state index in [1.54, 1.807) is 0 Å². The number of aromatic nitrogens is 2. The third-order valence-electron chi connectivity index (χ3n) is 4.46. The minimum atomic E-state index is -0.387. The maximum atomic E-state index is 12.5. The van der Waals surface area contributed by atoms with Gasteiger partial charge in [0.2, 0.25) is 0 Å². The van der Waals surface area contributed by atoms with Crippen molar-refractivity contribution in [3.63, 3.8) is 0 Å². The summed E-state index contributed by atoms with van der Waals surface area (Å²) in [7, 11) is 0. The van der Waals surface area contributed by atoms with Crippen molar-refractivity contribution >= 4 is 11.6 Å². The maximum Gasteiger partial charge on any atom is 0.329 e. The standard InChI is InChI=1S/C15H23ClN2O2/c1-9(2)12-13(16)17-15(20)18(14(12)19)8-11-7-5-4-6-10(11)3/h9-11H,4-8H2,1-3H3,(H,17,20). The Balaban J connectivity index is 2.39. The minimum Gasteiger partial charge on any atom is -0.297 e. The van der Waals surface area contributed by atoms with Gasteiger partial charge < -0.3 is 0 Å². The van der Waals surface area contributed by atoms with Gasteiger partial charge in [0.25, 0.3) is 5.56 Å². The van der Waals surface area contributed by atoms with Crippen molar-refractivity contribution in [2.45, 2.75) is 58.9 Å². The maximum absolute atomic E-state index is 12.5. The molecule has 1 aliphatic rings. The monoisotopic (exact) mass is 298 g/mol. The summed E-state index contributed by atoms with van der Waals surface area (Å²) in [6, 6.07) is 0. The van der Waals surface area contributed by atoms with Crippen LogP contribution in [0.4, 0.5) is 0 Å². The van der Waals surface area contributed by atoms with Gasteiger partial charge in [-0.05, 0) is 24.2 Å². The lowest BCUT2D eigenvalue weighted by atomic mass is 9.80. The highest BCUT2D eigenvalue weighted by Gasteiger charge is 2.24. The molecule has 1 saturated carbocycles. The second kappa shape index (κ2) is 6.17. The fourth-order valence-electron chi connectivity index (χ4n) is 3.13. The Bertz CT molecular complexity index is 589. The predicted molar refractivity (Wildman–Crippen MR) is 81.5 cm³/mol. The van der Waals surface area contributed by atoms with Crippen molar-refractivity contribution in [3.8, 4) is 0 Å². The molecule has 1 aliphatic carbocycles. The molecule has 112 valence electrons. The zero-order valence-electron chi connectivity index (χ0n) is 12.4. The summed E-state index contributed by atoms with van der Waals surface area (Å²) in [5.41, 5.74) is -0.108. The minimum absolute atomic E-state index is 0.00174. The summed E-state index contributed by atoms with van der Waals surface area (Å²) >= 11 is 6.00. The molecule has 0 spiro atoms. The number of aromatic amines is 1. The third-order valence-corrected chi connectivity index (χ3v) is 4.76. The van der Waals surface area contributed by atoms with Crippen LogP contribution in [0, 0.1) is 11.8 Å². The van der Waals surface area contributed by atoms with Crippen molar-refractivity contribution in [3.05, 3.63) is 31.6 Å². The third kappa shape index (κ3) is 3.00. The highest BCUT2D eigenvalue weighted by Crippen LogP contribution is 2.30. The van der Waals surface area contributed by atoms with Crippen molar-refractivity contribution < 1.29 is 0 Å². The van der Waals surface area contributed by atoms with Crippen molar-refractivity contribution in [2.75, 3.05) is 0 Å². The Morgan fingerprint density at radius 3 is 2.55 bits per heavy atom. The van der Waals surface area contributed by atoms with Gasteiger partial charge >= 0.3 is 5.69 Å². The average molecular weight is 299 g/mol. The Labute approximate surface area is 124 Å². The first kappa shape index (κ1) is 15.4. The fraction of sp³-hybridized carbons (Fsp3) is 0.733. The summed E-state index contributed by atoms with van der Waals surface area (Å²) in [5, 5.41) is 0.183. The average Bonchev–Trinajstić information content (AvgIpc) is 2.35. The van der Waals surface area contributed by atoms with Gasteiger partial charge in [-0.25, -0.2) is 4.79 Å². The number of rotatable bonds is 3. The van der Waals surface area contributed by atoms with Gasteiger partial charge in [-0.2, -0.15) is 0 Å². The lowest BCUT2D eigenvalue weighted by Crippen LogP contribution is -2.40. The molecule has 1 aromatic rings. The van der Waals surface area contributed by atoms with Crippen molar-refractivity contribution in [1.82, 2.24) is 9.55 Å². The van der Waals surface area contributed by atoms with Crippen LogP contribution in [0.15, 0.2) is 9.59 Å². The van der Waals surface area contributed by atoms with E-state index in [-0.39, 0.29) is 22.3 Å². The molecule has 4 nitrogen and oxygen atoms in total. The molecule has 2 unspecified atom stereocenters. The largest absolute Gasteiger partial charge is 0.329 e. The highest BCUT2D eigenvalue weighted by molar-refractivity contribution is 6.30. The summed E-state index contributed by atoms with van der Waals surface area (Å²) in [6.07, 6.45) is 4.71.